The first kappa shape index (κ1) is 13.2. The van der Waals surface area contributed by atoms with Gasteiger partial charge in [-0.3, -0.25) is 9.78 Å². The van der Waals surface area contributed by atoms with E-state index in [1.807, 2.05) is 6.07 Å². The van der Waals surface area contributed by atoms with Crippen molar-refractivity contribution >= 4 is 17.2 Å². The van der Waals surface area contributed by atoms with E-state index in [4.69, 9.17) is 4.74 Å². The molecule has 0 atom stereocenters. The van der Waals surface area contributed by atoms with Crippen LogP contribution in [0.2, 0.25) is 0 Å². The van der Waals surface area contributed by atoms with E-state index in [1.165, 1.54) is 0 Å². The summed E-state index contributed by atoms with van der Waals surface area (Å²) in [4.78, 5) is 14.7. The number of benzene rings is 2. The van der Waals surface area contributed by atoms with Crippen LogP contribution in [-0.2, 0) is 0 Å². The second-order valence-electron chi connectivity index (χ2n) is 4.39. The van der Waals surface area contributed by atoms with Crippen molar-refractivity contribution in [3.8, 4) is 11.5 Å². The Morgan fingerprint density at radius 1 is 1.05 bits per heavy atom. The normalized spacial score (nSPS) is 10.6. The number of carbonyl (C=O) groups excluding carboxylic acids is 1. The minimum atomic E-state index is -0.932. The Morgan fingerprint density at radius 2 is 1.81 bits per heavy atom. The van der Waals surface area contributed by atoms with Gasteiger partial charge < -0.3 is 4.74 Å². The minimum absolute atomic E-state index is 0.0856. The Hall–Kier alpha value is -2.82. The van der Waals surface area contributed by atoms with E-state index in [0.29, 0.717) is 11.8 Å². The third kappa shape index (κ3) is 2.58. The third-order valence-electron chi connectivity index (χ3n) is 2.95. The maximum atomic E-state index is 13.8. The van der Waals surface area contributed by atoms with Gasteiger partial charge in [-0.2, -0.15) is 0 Å². The second-order valence-corrected chi connectivity index (χ2v) is 4.39. The maximum Gasteiger partial charge on any atom is 0.198 e. The summed E-state index contributed by atoms with van der Waals surface area (Å²) in [6.07, 6.45) is 1.99. The molecule has 0 unspecified atom stereocenters. The number of nitrogens with zero attached hydrogens (tertiary/aromatic N) is 1. The van der Waals surface area contributed by atoms with Crippen LogP contribution in [-0.4, -0.2) is 11.3 Å². The first-order valence-corrected chi connectivity index (χ1v) is 6.14. The van der Waals surface area contributed by atoms with Gasteiger partial charge in [0.25, 0.3) is 0 Å². The number of ether oxygens (including phenoxy) is 1. The molecule has 0 aliphatic rings. The van der Waals surface area contributed by atoms with E-state index in [0.717, 1.165) is 17.5 Å². The molecule has 0 bridgehead atoms. The summed E-state index contributed by atoms with van der Waals surface area (Å²) in [6, 6.07) is 10.4. The highest BCUT2D eigenvalue weighted by atomic mass is 19.1. The van der Waals surface area contributed by atoms with Crippen molar-refractivity contribution in [1.29, 1.82) is 0 Å². The van der Waals surface area contributed by atoms with Gasteiger partial charge in [0.05, 0.1) is 5.52 Å². The molecule has 0 fully saturated rings. The van der Waals surface area contributed by atoms with Crippen molar-refractivity contribution in [3.63, 3.8) is 0 Å². The lowest BCUT2D eigenvalue weighted by Gasteiger charge is -2.09. The SMILES string of the molecule is O=Cc1cc(F)c(Oc2ccc3cccnc3c2)c(F)c1. The van der Waals surface area contributed by atoms with Crippen molar-refractivity contribution in [2.45, 2.75) is 0 Å². The summed E-state index contributed by atoms with van der Waals surface area (Å²) >= 11 is 0. The van der Waals surface area contributed by atoms with Crippen molar-refractivity contribution in [1.82, 2.24) is 4.98 Å². The second kappa shape index (κ2) is 5.28. The molecule has 3 nitrogen and oxygen atoms in total. The lowest BCUT2D eigenvalue weighted by atomic mass is 10.2. The van der Waals surface area contributed by atoms with Crippen LogP contribution in [0.3, 0.4) is 0 Å². The van der Waals surface area contributed by atoms with E-state index >= 15 is 0 Å². The fraction of sp³-hybridized carbons (Fsp3) is 0. The molecule has 104 valence electrons. The van der Waals surface area contributed by atoms with Gasteiger partial charge in [-0.1, -0.05) is 6.07 Å². The molecule has 1 heterocycles. The molecule has 0 saturated carbocycles. The molecule has 3 rings (SSSR count). The molecule has 0 radical (unpaired) electrons. The highest BCUT2D eigenvalue weighted by molar-refractivity contribution is 5.79. The van der Waals surface area contributed by atoms with Crippen molar-refractivity contribution in [2.75, 3.05) is 0 Å². The third-order valence-corrected chi connectivity index (χ3v) is 2.95. The number of aromatic nitrogens is 1. The predicted molar refractivity (Wildman–Crippen MR) is 73.6 cm³/mol. The first-order valence-electron chi connectivity index (χ1n) is 6.14. The van der Waals surface area contributed by atoms with Crippen molar-refractivity contribution in [3.05, 3.63) is 65.9 Å². The molecule has 3 aromatic rings. The van der Waals surface area contributed by atoms with Crippen LogP contribution in [0.25, 0.3) is 10.9 Å². The molecule has 1 aromatic heterocycles. The monoisotopic (exact) mass is 285 g/mol. The van der Waals surface area contributed by atoms with Crippen LogP contribution < -0.4 is 4.74 Å². The number of hydrogen-bond acceptors (Lipinski definition) is 3. The molecule has 0 amide bonds. The number of carbonyl (C=O) groups is 1. The number of pyridine rings is 1. The molecular formula is C16H9F2NO2. The zero-order valence-corrected chi connectivity index (χ0v) is 10.7. The minimum Gasteiger partial charge on any atom is -0.451 e. The van der Waals surface area contributed by atoms with Gasteiger partial charge in [0, 0.05) is 23.2 Å². The molecule has 0 spiro atoms. The van der Waals surface area contributed by atoms with Gasteiger partial charge in [-0.25, -0.2) is 8.78 Å². The zero-order chi connectivity index (χ0) is 14.8. The highest BCUT2D eigenvalue weighted by Gasteiger charge is 2.14. The smallest absolute Gasteiger partial charge is 0.198 e. The van der Waals surface area contributed by atoms with Gasteiger partial charge in [0.1, 0.15) is 12.0 Å². The summed E-state index contributed by atoms with van der Waals surface area (Å²) in [5.74, 6) is -2.15. The van der Waals surface area contributed by atoms with Crippen LogP contribution in [0, 0.1) is 11.6 Å². The van der Waals surface area contributed by atoms with Gasteiger partial charge in [0.2, 0.25) is 0 Å². The number of halogens is 2. The Labute approximate surface area is 118 Å². The lowest BCUT2D eigenvalue weighted by Crippen LogP contribution is -1.95. The fourth-order valence-corrected chi connectivity index (χ4v) is 1.97. The summed E-state index contributed by atoms with van der Waals surface area (Å²) in [5.41, 5.74) is 0.567. The van der Waals surface area contributed by atoms with E-state index in [2.05, 4.69) is 4.98 Å². The Morgan fingerprint density at radius 3 is 2.52 bits per heavy atom. The molecule has 0 saturated heterocycles. The number of fused-ring (bicyclic) bond motifs is 1. The summed E-state index contributed by atoms with van der Waals surface area (Å²) in [7, 11) is 0. The van der Waals surface area contributed by atoms with Crippen LogP contribution in [0.5, 0.6) is 11.5 Å². The van der Waals surface area contributed by atoms with Gasteiger partial charge >= 0.3 is 0 Å². The van der Waals surface area contributed by atoms with Crippen LogP contribution >= 0.6 is 0 Å². The number of aldehydes is 1. The summed E-state index contributed by atoms with van der Waals surface area (Å²) < 4.78 is 32.8. The van der Waals surface area contributed by atoms with Crippen LogP contribution in [0.1, 0.15) is 10.4 Å². The largest absolute Gasteiger partial charge is 0.451 e. The summed E-state index contributed by atoms with van der Waals surface area (Å²) in [5, 5.41) is 0.891. The van der Waals surface area contributed by atoms with Crippen LogP contribution in [0.4, 0.5) is 8.78 Å². The molecule has 5 heteroatoms. The predicted octanol–water partition coefficient (Wildman–Crippen LogP) is 4.12. The van der Waals surface area contributed by atoms with Gasteiger partial charge in [0.15, 0.2) is 17.4 Å². The van der Waals surface area contributed by atoms with E-state index < -0.39 is 17.4 Å². The maximum absolute atomic E-state index is 13.8. The summed E-state index contributed by atoms with van der Waals surface area (Å²) in [6.45, 7) is 0. The topological polar surface area (TPSA) is 39.2 Å². The van der Waals surface area contributed by atoms with Gasteiger partial charge in [-0.05, 0) is 30.3 Å². The fourth-order valence-electron chi connectivity index (χ4n) is 1.97. The van der Waals surface area contributed by atoms with Crippen molar-refractivity contribution in [2.24, 2.45) is 0 Å². The number of hydrogen-bond donors (Lipinski definition) is 0. The molecule has 0 aliphatic heterocycles. The Kier molecular flexibility index (Phi) is 3.31. The zero-order valence-electron chi connectivity index (χ0n) is 10.7. The molecule has 21 heavy (non-hydrogen) atoms. The molecule has 0 aliphatic carbocycles. The van der Waals surface area contributed by atoms with E-state index in [-0.39, 0.29) is 11.3 Å². The molecular weight excluding hydrogens is 276 g/mol. The first-order chi connectivity index (χ1) is 10.2. The molecule has 2 aromatic carbocycles. The quantitative estimate of drug-likeness (QED) is 0.679. The van der Waals surface area contributed by atoms with Crippen molar-refractivity contribution < 1.29 is 18.3 Å². The lowest BCUT2D eigenvalue weighted by molar-refractivity contribution is 0.112. The molecule has 0 N–H and O–H groups in total. The van der Waals surface area contributed by atoms with Crippen LogP contribution in [0.15, 0.2) is 48.7 Å². The van der Waals surface area contributed by atoms with Gasteiger partial charge in [-0.15, -0.1) is 0 Å². The Bertz CT molecular complexity index is 810. The highest BCUT2D eigenvalue weighted by Crippen LogP contribution is 2.29. The Balaban J connectivity index is 2.00. The standard InChI is InChI=1S/C16H9F2NO2/c17-13-6-10(9-20)7-14(18)16(13)21-12-4-3-11-2-1-5-19-15(11)8-12/h1-9H. The number of rotatable bonds is 3. The van der Waals surface area contributed by atoms with E-state index in [1.54, 1.807) is 30.5 Å². The average molecular weight is 285 g/mol. The average Bonchev–Trinajstić information content (AvgIpc) is 2.50. The van der Waals surface area contributed by atoms with E-state index in [9.17, 15) is 13.6 Å².